The maximum absolute atomic E-state index is 12.1. The fourth-order valence-corrected chi connectivity index (χ4v) is 3.92. The van der Waals surface area contributed by atoms with Gasteiger partial charge < -0.3 is 15.4 Å². The molecule has 1 aromatic rings. The molecule has 0 bridgehead atoms. The Morgan fingerprint density at radius 1 is 1.52 bits per heavy atom. The van der Waals surface area contributed by atoms with E-state index in [9.17, 15) is 4.79 Å². The Kier molecular flexibility index (Phi) is 5.14. The number of Topliss-reactive ketones (excluding diaryl/α,β-unsaturated/α-hetero) is 1. The van der Waals surface area contributed by atoms with Crippen molar-refractivity contribution in [1.82, 2.24) is 0 Å². The van der Waals surface area contributed by atoms with Crippen LogP contribution in [0.2, 0.25) is 0 Å². The lowest BCUT2D eigenvalue weighted by atomic mass is 10.0. The lowest BCUT2D eigenvalue weighted by Crippen LogP contribution is -2.34. The van der Waals surface area contributed by atoms with Crippen molar-refractivity contribution in [3.05, 3.63) is 4.88 Å². The van der Waals surface area contributed by atoms with Gasteiger partial charge in [-0.05, 0) is 32.6 Å². The largest absolute Gasteiger partial charge is 0.486 e. The molecule has 0 radical (unpaired) electrons. The van der Waals surface area contributed by atoms with Gasteiger partial charge in [-0.15, -0.1) is 11.3 Å². The molecular weight excluding hydrogens is 284 g/mol. The number of carbonyl (C=O) groups excluding carboxylic acids is 1. The fraction of sp³-hybridized carbons (Fsp3) is 0.688. The number of piperidine rings is 1. The summed E-state index contributed by atoms with van der Waals surface area (Å²) in [4.78, 5) is 15.1. The van der Waals surface area contributed by atoms with Gasteiger partial charge >= 0.3 is 0 Å². The van der Waals surface area contributed by atoms with Crippen LogP contribution < -0.4 is 15.4 Å². The minimum absolute atomic E-state index is 0.0486. The molecule has 4 nitrogen and oxygen atoms in total. The molecule has 2 N–H and O–H groups in total. The zero-order valence-electron chi connectivity index (χ0n) is 13.4. The van der Waals surface area contributed by atoms with Crippen molar-refractivity contribution in [2.75, 3.05) is 23.7 Å². The summed E-state index contributed by atoms with van der Waals surface area (Å²) in [6.07, 6.45) is 2.96. The van der Waals surface area contributed by atoms with Crippen molar-refractivity contribution < 1.29 is 9.53 Å². The SMILES string of the molecule is CCC(=O)c1sc(N2CCCC(C)C2)c(OC(C)C)c1N. The molecule has 118 valence electrons. The first-order chi connectivity index (χ1) is 9.93. The van der Waals surface area contributed by atoms with Gasteiger partial charge in [0.1, 0.15) is 5.00 Å². The molecule has 1 aliphatic rings. The quantitative estimate of drug-likeness (QED) is 0.837. The van der Waals surface area contributed by atoms with Crippen LogP contribution in [0.25, 0.3) is 0 Å². The van der Waals surface area contributed by atoms with E-state index in [4.69, 9.17) is 10.5 Å². The number of hydrogen-bond donors (Lipinski definition) is 1. The summed E-state index contributed by atoms with van der Waals surface area (Å²) in [5.41, 5.74) is 6.73. The Balaban J connectivity index is 2.39. The number of ether oxygens (including phenoxy) is 1. The van der Waals surface area contributed by atoms with Gasteiger partial charge in [0.25, 0.3) is 0 Å². The fourth-order valence-electron chi connectivity index (χ4n) is 2.72. The molecule has 1 aromatic heterocycles. The Labute approximate surface area is 131 Å². The van der Waals surface area contributed by atoms with Gasteiger partial charge in [0.2, 0.25) is 0 Å². The van der Waals surface area contributed by atoms with Crippen molar-refractivity contribution in [3.8, 4) is 5.75 Å². The van der Waals surface area contributed by atoms with E-state index >= 15 is 0 Å². The standard InChI is InChI=1S/C16H26N2O2S/c1-5-12(19)15-13(17)14(20-10(2)3)16(21-15)18-8-6-7-11(4)9-18/h10-11H,5-9,17H2,1-4H3. The molecule has 0 aliphatic carbocycles. The van der Waals surface area contributed by atoms with Crippen molar-refractivity contribution in [1.29, 1.82) is 0 Å². The second kappa shape index (κ2) is 6.69. The average Bonchev–Trinajstić information content (AvgIpc) is 2.75. The second-order valence-electron chi connectivity index (χ2n) is 6.12. The first-order valence-electron chi connectivity index (χ1n) is 7.81. The zero-order chi connectivity index (χ0) is 15.6. The maximum Gasteiger partial charge on any atom is 0.177 e. The molecule has 1 aliphatic heterocycles. The molecule has 2 rings (SSSR count). The Morgan fingerprint density at radius 3 is 2.81 bits per heavy atom. The lowest BCUT2D eigenvalue weighted by molar-refractivity contribution is 0.0992. The first kappa shape index (κ1) is 16.1. The number of ketones is 1. The smallest absolute Gasteiger partial charge is 0.177 e. The highest BCUT2D eigenvalue weighted by atomic mass is 32.1. The van der Waals surface area contributed by atoms with Crippen LogP contribution in [-0.2, 0) is 0 Å². The van der Waals surface area contributed by atoms with Gasteiger partial charge in [-0.2, -0.15) is 0 Å². The Morgan fingerprint density at radius 2 is 2.24 bits per heavy atom. The van der Waals surface area contributed by atoms with E-state index in [-0.39, 0.29) is 11.9 Å². The number of nitrogens with zero attached hydrogens (tertiary/aromatic N) is 1. The van der Waals surface area contributed by atoms with Crippen molar-refractivity contribution >= 4 is 27.8 Å². The van der Waals surface area contributed by atoms with Crippen LogP contribution >= 0.6 is 11.3 Å². The van der Waals surface area contributed by atoms with Crippen LogP contribution in [0.1, 0.15) is 56.6 Å². The molecule has 0 amide bonds. The highest BCUT2D eigenvalue weighted by Gasteiger charge is 2.27. The highest BCUT2D eigenvalue weighted by Crippen LogP contribution is 2.46. The summed E-state index contributed by atoms with van der Waals surface area (Å²) in [7, 11) is 0. The molecule has 1 fully saturated rings. The summed E-state index contributed by atoms with van der Waals surface area (Å²) in [6, 6.07) is 0. The molecule has 2 heterocycles. The van der Waals surface area contributed by atoms with Crippen LogP contribution in [0.15, 0.2) is 0 Å². The van der Waals surface area contributed by atoms with Gasteiger partial charge in [0.05, 0.1) is 16.7 Å². The molecule has 1 atom stereocenters. The normalized spacial score (nSPS) is 19.1. The van der Waals surface area contributed by atoms with E-state index in [0.717, 1.165) is 18.1 Å². The van der Waals surface area contributed by atoms with Gasteiger partial charge in [0.15, 0.2) is 11.5 Å². The summed E-state index contributed by atoms with van der Waals surface area (Å²) >= 11 is 1.50. The van der Waals surface area contributed by atoms with Crippen LogP contribution in [-0.4, -0.2) is 25.0 Å². The number of nitrogen functional groups attached to an aromatic ring is 1. The second-order valence-corrected chi connectivity index (χ2v) is 7.11. The predicted octanol–water partition coefficient (Wildman–Crippen LogP) is 3.95. The predicted molar refractivity (Wildman–Crippen MR) is 89.7 cm³/mol. The van der Waals surface area contributed by atoms with E-state index in [1.807, 2.05) is 20.8 Å². The van der Waals surface area contributed by atoms with Gasteiger partial charge in [-0.3, -0.25) is 4.79 Å². The van der Waals surface area contributed by atoms with Crippen LogP contribution in [0.5, 0.6) is 5.75 Å². The number of anilines is 2. The third kappa shape index (κ3) is 3.51. The van der Waals surface area contributed by atoms with E-state index in [1.165, 1.54) is 24.2 Å². The van der Waals surface area contributed by atoms with Gasteiger partial charge in [-0.1, -0.05) is 13.8 Å². The molecule has 0 aromatic carbocycles. The number of hydrogen-bond acceptors (Lipinski definition) is 5. The van der Waals surface area contributed by atoms with E-state index in [1.54, 1.807) is 0 Å². The molecule has 0 saturated carbocycles. The monoisotopic (exact) mass is 310 g/mol. The number of thiophene rings is 1. The van der Waals surface area contributed by atoms with Crippen LogP contribution in [0.3, 0.4) is 0 Å². The van der Waals surface area contributed by atoms with E-state index < -0.39 is 0 Å². The van der Waals surface area contributed by atoms with Crippen molar-refractivity contribution in [3.63, 3.8) is 0 Å². The summed E-state index contributed by atoms with van der Waals surface area (Å²) < 4.78 is 5.93. The van der Waals surface area contributed by atoms with Gasteiger partial charge in [-0.25, -0.2) is 0 Å². The van der Waals surface area contributed by atoms with Crippen LogP contribution in [0, 0.1) is 5.92 Å². The van der Waals surface area contributed by atoms with Crippen molar-refractivity contribution in [2.24, 2.45) is 5.92 Å². The molecular formula is C16H26N2O2S. The third-order valence-corrected chi connectivity index (χ3v) is 5.04. The first-order valence-corrected chi connectivity index (χ1v) is 8.62. The third-order valence-electron chi connectivity index (χ3n) is 3.75. The molecule has 0 spiro atoms. The average molecular weight is 310 g/mol. The molecule has 1 saturated heterocycles. The van der Waals surface area contributed by atoms with Crippen molar-refractivity contribution in [2.45, 2.75) is 53.1 Å². The number of rotatable bonds is 5. The summed E-state index contributed by atoms with van der Waals surface area (Å²) in [5.74, 6) is 1.47. The lowest BCUT2D eigenvalue weighted by Gasteiger charge is -2.32. The minimum atomic E-state index is 0.0486. The summed E-state index contributed by atoms with van der Waals surface area (Å²) in [5, 5.41) is 1.03. The number of nitrogens with two attached hydrogens (primary N) is 1. The topological polar surface area (TPSA) is 55.6 Å². The Bertz CT molecular complexity index is 511. The van der Waals surface area contributed by atoms with E-state index in [0.29, 0.717) is 28.7 Å². The minimum Gasteiger partial charge on any atom is -0.486 e. The zero-order valence-corrected chi connectivity index (χ0v) is 14.3. The maximum atomic E-state index is 12.1. The van der Waals surface area contributed by atoms with Gasteiger partial charge in [0, 0.05) is 19.5 Å². The van der Waals surface area contributed by atoms with E-state index in [2.05, 4.69) is 11.8 Å². The number of carbonyl (C=O) groups is 1. The molecule has 5 heteroatoms. The molecule has 21 heavy (non-hydrogen) atoms. The Hall–Kier alpha value is -1.23. The highest BCUT2D eigenvalue weighted by molar-refractivity contribution is 7.19. The molecule has 1 unspecified atom stereocenters. The van der Waals surface area contributed by atoms with Crippen LogP contribution in [0.4, 0.5) is 10.7 Å². The summed E-state index contributed by atoms with van der Waals surface area (Å²) in [6.45, 7) is 10.1.